The quantitative estimate of drug-likeness (QED) is 0.457. The van der Waals surface area contributed by atoms with Gasteiger partial charge >= 0.3 is 0 Å². The van der Waals surface area contributed by atoms with Crippen LogP contribution in [0.2, 0.25) is 0 Å². The Morgan fingerprint density at radius 1 is 1.16 bits per heavy atom. The molecule has 3 N–H and O–H groups in total. The minimum absolute atomic E-state index is 0.00247. The Labute approximate surface area is 186 Å². The van der Waals surface area contributed by atoms with E-state index >= 15 is 0 Å². The molecule has 31 heavy (non-hydrogen) atoms. The fourth-order valence-electron chi connectivity index (χ4n) is 4.22. The maximum absolute atomic E-state index is 11.2. The first-order chi connectivity index (χ1) is 15.0. The van der Waals surface area contributed by atoms with Gasteiger partial charge in [-0.25, -0.2) is 4.72 Å². The lowest BCUT2D eigenvalue weighted by Crippen LogP contribution is -2.45. The lowest BCUT2D eigenvalue weighted by atomic mass is 9.68. The molecule has 0 saturated heterocycles. The van der Waals surface area contributed by atoms with E-state index in [4.69, 9.17) is 14.6 Å². The van der Waals surface area contributed by atoms with E-state index in [0.717, 1.165) is 49.3 Å². The Kier molecular flexibility index (Phi) is 8.86. The summed E-state index contributed by atoms with van der Waals surface area (Å²) in [5.74, 6) is 1.54. The van der Waals surface area contributed by atoms with Crippen LogP contribution in [-0.4, -0.2) is 46.8 Å². The zero-order valence-electron chi connectivity index (χ0n) is 17.8. The van der Waals surface area contributed by atoms with Crippen LogP contribution < -0.4 is 19.5 Å². The van der Waals surface area contributed by atoms with E-state index in [0.29, 0.717) is 19.2 Å². The van der Waals surface area contributed by atoms with Crippen molar-refractivity contribution in [2.24, 2.45) is 0 Å². The van der Waals surface area contributed by atoms with E-state index in [1.54, 1.807) is 7.11 Å². The Morgan fingerprint density at radius 2 is 1.90 bits per heavy atom. The molecule has 1 aliphatic carbocycles. The molecule has 0 radical (unpaired) electrons. The summed E-state index contributed by atoms with van der Waals surface area (Å²) < 4.78 is 35.7. The summed E-state index contributed by atoms with van der Waals surface area (Å²) in [5, 5.41) is 12.5. The van der Waals surface area contributed by atoms with Gasteiger partial charge in [0.1, 0.15) is 18.1 Å². The van der Waals surface area contributed by atoms with Gasteiger partial charge in [0.2, 0.25) is 0 Å². The number of hydrogen-bond donors (Lipinski definition) is 3. The third-order valence-electron chi connectivity index (χ3n) is 6.03. The summed E-state index contributed by atoms with van der Waals surface area (Å²) in [6.45, 7) is 1.45. The van der Waals surface area contributed by atoms with Gasteiger partial charge in [-0.3, -0.25) is 4.21 Å². The zero-order valence-corrected chi connectivity index (χ0v) is 18.7. The second-order valence-electron chi connectivity index (χ2n) is 7.94. The van der Waals surface area contributed by atoms with Crippen LogP contribution in [0.1, 0.15) is 36.8 Å². The van der Waals surface area contributed by atoms with Gasteiger partial charge < -0.3 is 24.4 Å². The number of aliphatic hydroxyl groups is 1. The monoisotopic (exact) mass is 447 g/mol. The van der Waals surface area contributed by atoms with Gasteiger partial charge in [-0.2, -0.15) is 0 Å². The van der Waals surface area contributed by atoms with Crippen LogP contribution in [0.5, 0.6) is 11.5 Å². The average molecular weight is 448 g/mol. The van der Waals surface area contributed by atoms with Gasteiger partial charge in [-0.1, -0.05) is 24.3 Å². The van der Waals surface area contributed by atoms with Crippen molar-refractivity contribution in [3.05, 3.63) is 59.7 Å². The van der Waals surface area contributed by atoms with Crippen molar-refractivity contribution < 1.29 is 23.3 Å². The highest BCUT2D eigenvalue weighted by Crippen LogP contribution is 2.40. The lowest BCUT2D eigenvalue weighted by molar-refractivity contribution is 0.201. The number of aliphatic hydroxyl groups excluding tert-OH is 1. The molecular weight excluding hydrogens is 416 g/mol. The first kappa shape index (κ1) is 23.7. The fraction of sp³-hybridized carbons (Fsp3) is 0.478. The molecule has 2 aromatic carbocycles. The molecule has 0 aliphatic heterocycles. The molecule has 170 valence electrons. The summed E-state index contributed by atoms with van der Waals surface area (Å²) in [6, 6.07) is 16.2. The number of rotatable bonds is 11. The third kappa shape index (κ3) is 6.75. The van der Waals surface area contributed by atoms with Gasteiger partial charge in [0.15, 0.2) is 0 Å². The molecule has 1 aliphatic rings. The molecule has 2 aromatic rings. The highest BCUT2D eigenvalue weighted by Gasteiger charge is 2.37. The van der Waals surface area contributed by atoms with E-state index < -0.39 is 11.3 Å². The Hall–Kier alpha value is -1.97. The molecule has 1 atom stereocenters. The summed E-state index contributed by atoms with van der Waals surface area (Å²) in [6.07, 6.45) is 3.69. The topological polar surface area (TPSA) is 103 Å². The van der Waals surface area contributed by atoms with Gasteiger partial charge in [0, 0.05) is 35.8 Å². The van der Waals surface area contributed by atoms with E-state index in [1.807, 2.05) is 42.5 Å². The van der Waals surface area contributed by atoms with Crippen LogP contribution in [0.25, 0.3) is 0 Å². The number of hydrogen-bond acceptors (Lipinski definition) is 6. The molecule has 0 aromatic heterocycles. The van der Waals surface area contributed by atoms with Crippen LogP contribution in [0, 0.1) is 0 Å². The normalized spacial score (nSPS) is 22.1. The van der Waals surface area contributed by atoms with Gasteiger partial charge in [0.05, 0.1) is 13.7 Å². The van der Waals surface area contributed by atoms with Gasteiger partial charge in [0.25, 0.3) is 0 Å². The van der Waals surface area contributed by atoms with Crippen molar-refractivity contribution in [2.75, 3.05) is 26.9 Å². The summed E-state index contributed by atoms with van der Waals surface area (Å²) >= 11 is -2.29. The van der Waals surface area contributed by atoms with Crippen molar-refractivity contribution in [3.63, 3.8) is 0 Å². The molecule has 0 heterocycles. The Morgan fingerprint density at radius 3 is 2.55 bits per heavy atom. The van der Waals surface area contributed by atoms with Crippen molar-refractivity contribution >= 4 is 11.3 Å². The molecule has 8 heteroatoms. The highest BCUT2D eigenvalue weighted by molar-refractivity contribution is 7.77. The van der Waals surface area contributed by atoms with Crippen LogP contribution >= 0.6 is 0 Å². The molecule has 0 bridgehead atoms. The SMILES string of the molecule is COc1cccc(C2(CNS(=O)[O-])CCC(NCc3ccc(OCCO)cc3)CC2)c1. The second kappa shape index (κ2) is 11.6. The maximum Gasteiger partial charge on any atom is 0.119 e. The Bertz CT molecular complexity index is 838. The largest absolute Gasteiger partial charge is 0.760 e. The molecule has 0 spiro atoms. The predicted molar refractivity (Wildman–Crippen MR) is 120 cm³/mol. The van der Waals surface area contributed by atoms with Gasteiger partial charge in [-0.15, -0.1) is 0 Å². The van der Waals surface area contributed by atoms with E-state index in [1.165, 1.54) is 5.56 Å². The molecule has 3 rings (SSSR count). The number of benzene rings is 2. The van der Waals surface area contributed by atoms with Crippen LogP contribution in [-0.2, 0) is 23.2 Å². The molecule has 1 saturated carbocycles. The highest BCUT2D eigenvalue weighted by atomic mass is 32.2. The molecular formula is C23H31N2O5S-. The van der Waals surface area contributed by atoms with Crippen molar-refractivity contribution in [1.29, 1.82) is 0 Å². The predicted octanol–water partition coefficient (Wildman–Crippen LogP) is 2.42. The standard InChI is InChI=1S/C23H32N2O5S/c1-29-22-4-2-3-19(15-22)23(17-25-31(27)28)11-9-20(10-12-23)24-16-18-5-7-21(8-6-18)30-14-13-26/h2-8,15,20,24-26H,9-14,16-17H2,1H3,(H,27,28)/p-1. The second-order valence-corrected chi connectivity index (χ2v) is 8.70. The summed E-state index contributed by atoms with van der Waals surface area (Å²) in [4.78, 5) is 0. The molecule has 1 fully saturated rings. The van der Waals surface area contributed by atoms with Crippen molar-refractivity contribution in [2.45, 2.75) is 43.7 Å². The zero-order chi connectivity index (χ0) is 22.1. The van der Waals surface area contributed by atoms with Crippen LogP contribution in [0.4, 0.5) is 0 Å². The smallest absolute Gasteiger partial charge is 0.119 e. The minimum Gasteiger partial charge on any atom is -0.760 e. The lowest BCUT2D eigenvalue weighted by Gasteiger charge is -2.41. The number of methoxy groups -OCH3 is 1. The first-order valence-electron chi connectivity index (χ1n) is 10.6. The molecule has 1 unspecified atom stereocenters. The van der Waals surface area contributed by atoms with Crippen molar-refractivity contribution in [1.82, 2.24) is 10.0 Å². The van der Waals surface area contributed by atoms with E-state index in [9.17, 15) is 8.76 Å². The number of ether oxygens (including phenoxy) is 2. The maximum atomic E-state index is 11.2. The third-order valence-corrected chi connectivity index (χ3v) is 6.41. The molecule has 0 amide bonds. The van der Waals surface area contributed by atoms with Crippen molar-refractivity contribution in [3.8, 4) is 11.5 Å². The number of nitrogens with one attached hydrogen (secondary N) is 2. The van der Waals surface area contributed by atoms with E-state index in [2.05, 4.69) is 16.1 Å². The van der Waals surface area contributed by atoms with E-state index in [-0.39, 0.29) is 12.0 Å². The minimum atomic E-state index is -2.29. The summed E-state index contributed by atoms with van der Waals surface area (Å²) in [5.41, 5.74) is 2.05. The van der Waals surface area contributed by atoms with Gasteiger partial charge in [-0.05, 0) is 61.1 Å². The first-order valence-corrected chi connectivity index (χ1v) is 11.7. The Balaban J connectivity index is 1.59. The molecule has 7 nitrogen and oxygen atoms in total. The fourth-order valence-corrected chi connectivity index (χ4v) is 4.62. The summed E-state index contributed by atoms with van der Waals surface area (Å²) in [7, 11) is 1.64. The van der Waals surface area contributed by atoms with Crippen LogP contribution in [0.3, 0.4) is 0 Å². The van der Waals surface area contributed by atoms with Crippen LogP contribution in [0.15, 0.2) is 48.5 Å². The average Bonchev–Trinajstić information content (AvgIpc) is 2.81.